The van der Waals surface area contributed by atoms with Crippen LogP contribution in [0.2, 0.25) is 10.0 Å². The van der Waals surface area contributed by atoms with Gasteiger partial charge in [-0.2, -0.15) is 0 Å². The molecule has 0 spiro atoms. The quantitative estimate of drug-likeness (QED) is 0.437. The van der Waals surface area contributed by atoms with Crippen molar-refractivity contribution in [2.24, 2.45) is 0 Å². The van der Waals surface area contributed by atoms with E-state index in [1.54, 1.807) is 18.5 Å². The number of benzene rings is 2. The zero-order valence-electron chi connectivity index (χ0n) is 16.2. The van der Waals surface area contributed by atoms with Gasteiger partial charge in [0, 0.05) is 24.0 Å². The maximum Gasteiger partial charge on any atom is 0.225 e. The molecule has 0 aliphatic carbocycles. The SMILES string of the molecule is Cc1nc2cnccc2n1-c1ccc(C2CC(=O)Nc3cc(Cl)c(Cl)cc3C2)cc1. The second-order valence-electron chi connectivity index (χ2n) is 7.53. The first-order valence-corrected chi connectivity index (χ1v) is 10.4. The lowest BCUT2D eigenvalue weighted by Gasteiger charge is -2.16. The minimum atomic E-state index is -0.0230. The van der Waals surface area contributed by atoms with Gasteiger partial charge in [-0.1, -0.05) is 35.3 Å². The van der Waals surface area contributed by atoms with Gasteiger partial charge in [0.1, 0.15) is 11.3 Å². The number of carbonyl (C=O) groups is 1. The molecule has 2 aromatic carbocycles. The molecule has 0 saturated heterocycles. The molecule has 30 heavy (non-hydrogen) atoms. The van der Waals surface area contributed by atoms with Crippen LogP contribution in [0.4, 0.5) is 5.69 Å². The highest BCUT2D eigenvalue weighted by molar-refractivity contribution is 6.42. The van der Waals surface area contributed by atoms with Crippen LogP contribution in [0.5, 0.6) is 0 Å². The summed E-state index contributed by atoms with van der Waals surface area (Å²) in [5.41, 5.74) is 5.75. The molecule has 1 amide bonds. The summed E-state index contributed by atoms with van der Waals surface area (Å²) in [6.07, 6.45) is 4.66. The van der Waals surface area contributed by atoms with Crippen LogP contribution in [0.3, 0.4) is 0 Å². The molecular weight excluding hydrogens is 419 g/mol. The van der Waals surface area contributed by atoms with E-state index in [-0.39, 0.29) is 11.8 Å². The van der Waals surface area contributed by atoms with Crippen molar-refractivity contribution in [1.29, 1.82) is 0 Å². The van der Waals surface area contributed by atoms with Gasteiger partial charge in [0.25, 0.3) is 0 Å². The molecule has 0 saturated carbocycles. The standard InChI is InChI=1S/C23H18Cl2N4O/c1-13-27-21-12-26-7-6-22(21)29(13)17-4-2-14(3-5-17)15-8-16-9-18(24)19(25)11-20(16)28-23(30)10-15/h2-7,9,11-12,15H,8,10H2,1H3,(H,28,30). The molecule has 0 fully saturated rings. The fourth-order valence-corrected chi connectivity index (χ4v) is 4.50. The summed E-state index contributed by atoms with van der Waals surface area (Å²) < 4.78 is 2.11. The first-order chi connectivity index (χ1) is 14.5. The van der Waals surface area contributed by atoms with Crippen molar-refractivity contribution in [3.05, 3.63) is 81.9 Å². The predicted molar refractivity (Wildman–Crippen MR) is 120 cm³/mol. The molecule has 1 aliphatic rings. The Balaban J connectivity index is 1.50. The first-order valence-electron chi connectivity index (χ1n) is 9.67. The van der Waals surface area contributed by atoms with Gasteiger partial charge in [-0.15, -0.1) is 0 Å². The van der Waals surface area contributed by atoms with E-state index in [0.717, 1.165) is 39.4 Å². The van der Waals surface area contributed by atoms with Crippen LogP contribution in [0.15, 0.2) is 54.9 Å². The third-order valence-corrected chi connectivity index (χ3v) is 6.29. The van der Waals surface area contributed by atoms with Crippen molar-refractivity contribution in [2.45, 2.75) is 25.7 Å². The summed E-state index contributed by atoms with van der Waals surface area (Å²) in [7, 11) is 0. The fraction of sp³-hybridized carbons (Fsp3) is 0.174. The highest BCUT2D eigenvalue weighted by Crippen LogP contribution is 2.36. The van der Waals surface area contributed by atoms with Crippen molar-refractivity contribution in [2.75, 3.05) is 5.32 Å². The van der Waals surface area contributed by atoms with E-state index < -0.39 is 0 Å². The van der Waals surface area contributed by atoms with Gasteiger partial charge in [-0.3, -0.25) is 14.3 Å². The Kier molecular flexibility index (Phi) is 4.72. The Bertz CT molecular complexity index is 1280. The Hall–Kier alpha value is -2.89. The van der Waals surface area contributed by atoms with Gasteiger partial charge in [-0.25, -0.2) is 4.98 Å². The van der Waals surface area contributed by atoms with Crippen LogP contribution < -0.4 is 5.32 Å². The number of pyridine rings is 1. The molecule has 7 heteroatoms. The van der Waals surface area contributed by atoms with E-state index in [0.29, 0.717) is 22.9 Å². The molecule has 1 N–H and O–H groups in total. The number of nitrogens with zero attached hydrogens (tertiary/aromatic N) is 3. The average Bonchev–Trinajstić information content (AvgIpc) is 2.97. The Morgan fingerprint density at radius 3 is 2.63 bits per heavy atom. The number of amides is 1. The van der Waals surface area contributed by atoms with Crippen molar-refractivity contribution in [3.8, 4) is 5.69 Å². The van der Waals surface area contributed by atoms with Gasteiger partial charge in [0.15, 0.2) is 0 Å². The van der Waals surface area contributed by atoms with E-state index in [1.807, 2.05) is 19.1 Å². The second-order valence-corrected chi connectivity index (χ2v) is 8.34. The van der Waals surface area contributed by atoms with E-state index in [1.165, 1.54) is 0 Å². The van der Waals surface area contributed by atoms with Crippen molar-refractivity contribution >= 4 is 45.8 Å². The molecule has 0 bridgehead atoms. The monoisotopic (exact) mass is 436 g/mol. The van der Waals surface area contributed by atoms with Crippen LogP contribution in [0.1, 0.15) is 29.3 Å². The predicted octanol–water partition coefficient (Wildman–Crippen LogP) is 5.70. The van der Waals surface area contributed by atoms with Crippen LogP contribution in [0, 0.1) is 6.92 Å². The number of carbonyl (C=O) groups excluding carboxylic acids is 1. The summed E-state index contributed by atoms with van der Waals surface area (Å²) in [5, 5.41) is 3.89. The van der Waals surface area contributed by atoms with Crippen LogP contribution in [-0.4, -0.2) is 20.4 Å². The first kappa shape index (κ1) is 19.1. The lowest BCUT2D eigenvalue weighted by molar-refractivity contribution is -0.116. The number of aromatic nitrogens is 3. The smallest absolute Gasteiger partial charge is 0.225 e. The fourth-order valence-electron chi connectivity index (χ4n) is 4.15. The van der Waals surface area contributed by atoms with Crippen molar-refractivity contribution < 1.29 is 4.79 Å². The molecule has 3 heterocycles. The minimum Gasteiger partial charge on any atom is -0.326 e. The Morgan fingerprint density at radius 1 is 1.07 bits per heavy atom. The average molecular weight is 437 g/mol. The number of rotatable bonds is 2. The molecule has 5 nitrogen and oxygen atoms in total. The summed E-state index contributed by atoms with van der Waals surface area (Å²) in [5.74, 6) is 0.938. The second kappa shape index (κ2) is 7.42. The summed E-state index contributed by atoms with van der Waals surface area (Å²) >= 11 is 12.3. The molecule has 1 aliphatic heterocycles. The van der Waals surface area contributed by atoms with E-state index >= 15 is 0 Å². The van der Waals surface area contributed by atoms with Crippen molar-refractivity contribution in [3.63, 3.8) is 0 Å². The van der Waals surface area contributed by atoms with E-state index in [2.05, 4.69) is 44.1 Å². The minimum absolute atomic E-state index is 0.0230. The zero-order chi connectivity index (χ0) is 20.8. The molecule has 0 radical (unpaired) electrons. The molecule has 150 valence electrons. The normalized spacial score (nSPS) is 16.2. The highest BCUT2D eigenvalue weighted by atomic mass is 35.5. The number of nitrogens with one attached hydrogen (secondary N) is 1. The summed E-state index contributed by atoms with van der Waals surface area (Å²) in [6, 6.07) is 13.9. The summed E-state index contributed by atoms with van der Waals surface area (Å²) in [4.78, 5) is 21.2. The number of hydrogen-bond acceptors (Lipinski definition) is 3. The lowest BCUT2D eigenvalue weighted by Crippen LogP contribution is -2.13. The lowest BCUT2D eigenvalue weighted by atomic mass is 9.89. The molecule has 2 aromatic heterocycles. The zero-order valence-corrected chi connectivity index (χ0v) is 17.7. The summed E-state index contributed by atoms with van der Waals surface area (Å²) in [6.45, 7) is 1.98. The number of hydrogen-bond donors (Lipinski definition) is 1. The van der Waals surface area contributed by atoms with Gasteiger partial charge >= 0.3 is 0 Å². The topological polar surface area (TPSA) is 59.8 Å². The van der Waals surface area contributed by atoms with Gasteiger partial charge < -0.3 is 5.32 Å². The Labute approximate surface area is 183 Å². The van der Waals surface area contributed by atoms with Gasteiger partial charge in [0.2, 0.25) is 5.91 Å². The molecular formula is C23H18Cl2N4O. The maximum atomic E-state index is 12.5. The Morgan fingerprint density at radius 2 is 1.83 bits per heavy atom. The van der Waals surface area contributed by atoms with E-state index in [4.69, 9.17) is 23.2 Å². The number of anilines is 1. The van der Waals surface area contributed by atoms with E-state index in [9.17, 15) is 4.79 Å². The van der Waals surface area contributed by atoms with Gasteiger partial charge in [-0.05, 0) is 60.7 Å². The third kappa shape index (κ3) is 3.34. The third-order valence-electron chi connectivity index (χ3n) is 5.57. The number of imidazole rings is 1. The van der Waals surface area contributed by atoms with Crippen molar-refractivity contribution in [1.82, 2.24) is 14.5 Å². The molecule has 4 aromatic rings. The maximum absolute atomic E-state index is 12.5. The van der Waals surface area contributed by atoms with Crippen LogP contribution in [-0.2, 0) is 11.2 Å². The number of aryl methyl sites for hydroxylation is 1. The number of fused-ring (bicyclic) bond motifs is 2. The van der Waals surface area contributed by atoms with Crippen LogP contribution in [0.25, 0.3) is 16.7 Å². The molecule has 1 unspecified atom stereocenters. The molecule has 5 rings (SSSR count). The van der Waals surface area contributed by atoms with Crippen LogP contribution >= 0.6 is 23.2 Å². The highest BCUT2D eigenvalue weighted by Gasteiger charge is 2.24. The molecule has 1 atom stereocenters. The largest absolute Gasteiger partial charge is 0.326 e. The number of halogens is 2. The van der Waals surface area contributed by atoms with Gasteiger partial charge in [0.05, 0.1) is 21.8 Å².